The van der Waals surface area contributed by atoms with Crippen LogP contribution >= 0.6 is 12.2 Å². The molecule has 0 bridgehead atoms. The van der Waals surface area contributed by atoms with Gasteiger partial charge in [0.2, 0.25) is 0 Å². The fourth-order valence-corrected chi connectivity index (χ4v) is 3.63. The second-order valence-electron chi connectivity index (χ2n) is 6.69. The van der Waals surface area contributed by atoms with Crippen LogP contribution in [0.15, 0.2) is 36.4 Å². The van der Waals surface area contributed by atoms with Crippen molar-refractivity contribution in [1.82, 2.24) is 4.90 Å². The Morgan fingerprint density at radius 2 is 1.74 bits per heavy atom. The lowest BCUT2D eigenvalue weighted by Crippen LogP contribution is -2.50. The number of hydrogen-bond acceptors (Lipinski definition) is 4. The summed E-state index contributed by atoms with van der Waals surface area (Å²) >= 11 is 5.64. The highest BCUT2D eigenvalue weighted by Gasteiger charge is 2.21. The zero-order valence-corrected chi connectivity index (χ0v) is 17.2. The van der Waals surface area contributed by atoms with E-state index in [1.807, 2.05) is 18.2 Å². The van der Waals surface area contributed by atoms with Crippen LogP contribution in [-0.2, 0) is 0 Å². The van der Waals surface area contributed by atoms with Crippen LogP contribution in [0.4, 0.5) is 11.4 Å². The van der Waals surface area contributed by atoms with E-state index in [-0.39, 0.29) is 0 Å². The van der Waals surface area contributed by atoms with Crippen molar-refractivity contribution in [2.24, 2.45) is 0 Å². The number of methoxy groups -OCH3 is 2. The van der Waals surface area contributed by atoms with E-state index >= 15 is 0 Å². The second-order valence-corrected chi connectivity index (χ2v) is 7.08. The van der Waals surface area contributed by atoms with Gasteiger partial charge in [-0.3, -0.25) is 0 Å². The van der Waals surface area contributed by atoms with Crippen molar-refractivity contribution in [1.29, 1.82) is 0 Å². The van der Waals surface area contributed by atoms with Gasteiger partial charge >= 0.3 is 0 Å². The van der Waals surface area contributed by atoms with E-state index in [9.17, 15) is 0 Å². The van der Waals surface area contributed by atoms with E-state index in [0.29, 0.717) is 5.11 Å². The first kappa shape index (κ1) is 19.3. The van der Waals surface area contributed by atoms with Crippen LogP contribution in [0.3, 0.4) is 0 Å². The van der Waals surface area contributed by atoms with Crippen LogP contribution in [-0.4, -0.2) is 50.4 Å². The van der Waals surface area contributed by atoms with E-state index < -0.39 is 0 Å². The molecule has 0 radical (unpaired) electrons. The molecule has 1 N–H and O–H groups in total. The third-order valence-corrected chi connectivity index (χ3v) is 5.49. The van der Waals surface area contributed by atoms with E-state index in [0.717, 1.165) is 43.4 Å². The molecule has 6 heteroatoms. The number of nitrogens with one attached hydrogen (secondary N) is 1. The Balaban J connectivity index is 1.64. The third-order valence-electron chi connectivity index (χ3n) is 5.13. The number of benzene rings is 2. The van der Waals surface area contributed by atoms with Crippen molar-refractivity contribution in [3.63, 3.8) is 0 Å². The molecule has 144 valence electrons. The molecular weight excluding hydrogens is 358 g/mol. The first-order chi connectivity index (χ1) is 13.0. The van der Waals surface area contributed by atoms with Crippen LogP contribution in [0.2, 0.25) is 0 Å². The number of ether oxygens (including phenoxy) is 2. The summed E-state index contributed by atoms with van der Waals surface area (Å²) in [6.45, 7) is 8.01. The Hall–Kier alpha value is -2.47. The molecule has 0 aromatic heterocycles. The number of hydrogen-bond donors (Lipinski definition) is 1. The van der Waals surface area contributed by atoms with Crippen molar-refractivity contribution in [3.8, 4) is 11.5 Å². The molecule has 5 nitrogen and oxygen atoms in total. The Labute approximate surface area is 166 Å². The summed E-state index contributed by atoms with van der Waals surface area (Å²) in [7, 11) is 3.30. The summed E-state index contributed by atoms with van der Waals surface area (Å²) < 4.78 is 10.7. The van der Waals surface area contributed by atoms with Gasteiger partial charge < -0.3 is 24.6 Å². The average Bonchev–Trinajstić information content (AvgIpc) is 2.70. The smallest absolute Gasteiger partial charge is 0.173 e. The van der Waals surface area contributed by atoms with Crippen molar-refractivity contribution >= 4 is 28.7 Å². The van der Waals surface area contributed by atoms with Crippen LogP contribution < -0.4 is 19.7 Å². The molecule has 0 aliphatic carbocycles. The number of piperazine rings is 1. The molecule has 0 spiro atoms. The predicted octanol–water partition coefficient (Wildman–Crippen LogP) is 3.84. The van der Waals surface area contributed by atoms with Gasteiger partial charge in [0, 0.05) is 37.9 Å². The largest absolute Gasteiger partial charge is 0.497 e. The van der Waals surface area contributed by atoms with Gasteiger partial charge in [-0.05, 0) is 55.4 Å². The van der Waals surface area contributed by atoms with Crippen molar-refractivity contribution in [2.45, 2.75) is 13.8 Å². The maximum Gasteiger partial charge on any atom is 0.173 e. The molecule has 2 aromatic rings. The minimum atomic E-state index is 0.710. The van der Waals surface area contributed by atoms with Gasteiger partial charge in [0.1, 0.15) is 11.5 Å². The SMILES string of the molecule is COc1ccc(OC)c(NC(=S)N2CCN(c3cccc(C)c3C)CC2)c1. The molecule has 0 saturated carbocycles. The molecule has 1 aliphatic rings. The van der Waals surface area contributed by atoms with Gasteiger partial charge in [-0.2, -0.15) is 0 Å². The molecule has 0 amide bonds. The molecule has 1 fully saturated rings. The number of anilines is 2. The first-order valence-corrected chi connectivity index (χ1v) is 9.53. The molecule has 1 saturated heterocycles. The minimum Gasteiger partial charge on any atom is -0.497 e. The Bertz CT molecular complexity index is 817. The molecule has 3 rings (SSSR count). The van der Waals surface area contributed by atoms with Crippen LogP contribution in [0.5, 0.6) is 11.5 Å². The predicted molar refractivity (Wildman–Crippen MR) is 115 cm³/mol. The highest BCUT2D eigenvalue weighted by Crippen LogP contribution is 2.29. The van der Waals surface area contributed by atoms with Crippen molar-refractivity contribution < 1.29 is 9.47 Å². The summed E-state index contributed by atoms with van der Waals surface area (Å²) in [5.74, 6) is 1.51. The lowest BCUT2D eigenvalue weighted by molar-refractivity contribution is 0.389. The van der Waals surface area contributed by atoms with Crippen molar-refractivity contribution in [2.75, 3.05) is 50.6 Å². The van der Waals surface area contributed by atoms with Gasteiger partial charge in [-0.1, -0.05) is 12.1 Å². The van der Waals surface area contributed by atoms with Gasteiger partial charge in [0.25, 0.3) is 0 Å². The van der Waals surface area contributed by atoms with Gasteiger partial charge in [-0.25, -0.2) is 0 Å². The quantitative estimate of drug-likeness (QED) is 0.806. The topological polar surface area (TPSA) is 37.0 Å². The highest BCUT2D eigenvalue weighted by molar-refractivity contribution is 7.80. The van der Waals surface area contributed by atoms with E-state index in [1.165, 1.54) is 16.8 Å². The molecular formula is C21H27N3O2S. The number of nitrogens with zero attached hydrogens (tertiary/aromatic N) is 2. The molecule has 0 atom stereocenters. The Morgan fingerprint density at radius 3 is 2.41 bits per heavy atom. The summed E-state index contributed by atoms with van der Waals surface area (Å²) in [4.78, 5) is 4.64. The number of aryl methyl sites for hydroxylation is 1. The van der Waals surface area contributed by atoms with E-state index in [4.69, 9.17) is 21.7 Å². The number of thiocarbonyl (C=S) groups is 1. The summed E-state index contributed by atoms with van der Waals surface area (Å²) in [5, 5.41) is 4.03. The third kappa shape index (κ3) is 4.27. The molecule has 1 aliphatic heterocycles. The number of rotatable bonds is 4. The highest BCUT2D eigenvalue weighted by atomic mass is 32.1. The Kier molecular flexibility index (Phi) is 6.06. The Morgan fingerprint density at radius 1 is 1.00 bits per heavy atom. The zero-order chi connectivity index (χ0) is 19.4. The maximum absolute atomic E-state index is 5.64. The monoisotopic (exact) mass is 385 g/mol. The van der Waals surface area contributed by atoms with Gasteiger partial charge in [0.15, 0.2) is 5.11 Å². The molecule has 27 heavy (non-hydrogen) atoms. The van der Waals surface area contributed by atoms with Gasteiger partial charge in [-0.15, -0.1) is 0 Å². The normalized spacial score (nSPS) is 14.1. The average molecular weight is 386 g/mol. The summed E-state index contributed by atoms with van der Waals surface area (Å²) in [5.41, 5.74) is 4.83. The van der Waals surface area contributed by atoms with Crippen LogP contribution in [0, 0.1) is 13.8 Å². The fourth-order valence-electron chi connectivity index (χ4n) is 3.33. The zero-order valence-electron chi connectivity index (χ0n) is 16.4. The fraction of sp³-hybridized carbons (Fsp3) is 0.381. The maximum atomic E-state index is 5.64. The molecule has 1 heterocycles. The summed E-state index contributed by atoms with van der Waals surface area (Å²) in [6.07, 6.45) is 0. The first-order valence-electron chi connectivity index (χ1n) is 9.12. The standard InChI is InChI=1S/C21H27N3O2S/c1-15-6-5-7-19(16(15)2)23-10-12-24(13-11-23)21(27)22-18-14-17(25-3)8-9-20(18)26-4/h5-9,14H,10-13H2,1-4H3,(H,22,27). The molecule has 0 unspecified atom stereocenters. The van der Waals surface area contributed by atoms with Gasteiger partial charge in [0.05, 0.1) is 19.9 Å². The minimum absolute atomic E-state index is 0.710. The summed E-state index contributed by atoms with van der Waals surface area (Å²) in [6, 6.07) is 12.1. The lowest BCUT2D eigenvalue weighted by atomic mass is 10.1. The van der Waals surface area contributed by atoms with Crippen LogP contribution in [0.1, 0.15) is 11.1 Å². The van der Waals surface area contributed by atoms with E-state index in [2.05, 4.69) is 47.2 Å². The second kappa shape index (κ2) is 8.48. The van der Waals surface area contributed by atoms with E-state index in [1.54, 1.807) is 14.2 Å². The van der Waals surface area contributed by atoms with Crippen molar-refractivity contribution in [3.05, 3.63) is 47.5 Å². The van der Waals surface area contributed by atoms with Crippen LogP contribution in [0.25, 0.3) is 0 Å². The molecule has 2 aromatic carbocycles. The lowest BCUT2D eigenvalue weighted by Gasteiger charge is -2.38.